The van der Waals surface area contributed by atoms with E-state index in [9.17, 15) is 9.59 Å². The zero-order valence-electron chi connectivity index (χ0n) is 15.4. The molecule has 28 heavy (non-hydrogen) atoms. The minimum Gasteiger partial charge on any atom is -0.493 e. The van der Waals surface area contributed by atoms with Gasteiger partial charge in [0, 0.05) is 11.0 Å². The van der Waals surface area contributed by atoms with Crippen LogP contribution < -0.4 is 9.47 Å². The van der Waals surface area contributed by atoms with E-state index in [1.165, 1.54) is 31.6 Å². The number of furan rings is 1. The molecule has 7 nitrogen and oxygen atoms in total. The molecular formula is C20H17NO6S. The van der Waals surface area contributed by atoms with Crippen molar-refractivity contribution in [1.82, 2.24) is 4.98 Å². The highest BCUT2D eigenvalue weighted by Gasteiger charge is 2.21. The van der Waals surface area contributed by atoms with Gasteiger partial charge in [-0.3, -0.25) is 0 Å². The van der Waals surface area contributed by atoms with Crippen molar-refractivity contribution in [3.8, 4) is 22.3 Å². The second kappa shape index (κ2) is 8.53. The molecule has 0 atom stereocenters. The van der Waals surface area contributed by atoms with Crippen molar-refractivity contribution in [3.63, 3.8) is 0 Å². The molecule has 0 N–H and O–H groups in total. The highest BCUT2D eigenvalue weighted by Crippen LogP contribution is 2.32. The van der Waals surface area contributed by atoms with Crippen LogP contribution in [0.4, 0.5) is 0 Å². The van der Waals surface area contributed by atoms with Gasteiger partial charge in [-0.25, -0.2) is 14.6 Å². The third-order valence-electron chi connectivity index (χ3n) is 3.73. The number of benzene rings is 1. The topological polar surface area (TPSA) is 87.9 Å². The van der Waals surface area contributed by atoms with Crippen LogP contribution >= 0.6 is 11.3 Å². The summed E-state index contributed by atoms with van der Waals surface area (Å²) in [6, 6.07) is 8.45. The van der Waals surface area contributed by atoms with Crippen molar-refractivity contribution in [1.29, 1.82) is 0 Å². The van der Waals surface area contributed by atoms with Crippen LogP contribution in [0.2, 0.25) is 0 Å². The average Bonchev–Trinajstić information content (AvgIpc) is 3.36. The maximum Gasteiger partial charge on any atom is 0.363 e. The lowest BCUT2D eigenvalue weighted by Crippen LogP contribution is -2.11. The number of carbonyl (C=O) groups excluding carboxylic acids is 2. The number of aromatic nitrogens is 1. The van der Waals surface area contributed by atoms with Crippen LogP contribution in [-0.4, -0.2) is 31.1 Å². The Morgan fingerprint density at radius 2 is 2.00 bits per heavy atom. The maximum atomic E-state index is 12.6. The molecule has 0 spiro atoms. The van der Waals surface area contributed by atoms with Gasteiger partial charge in [-0.05, 0) is 42.8 Å². The molecule has 0 saturated carbocycles. The molecule has 2 heterocycles. The third-order valence-corrected chi connectivity index (χ3v) is 4.71. The molecule has 0 bridgehead atoms. The first-order valence-electron chi connectivity index (χ1n) is 8.19. The molecule has 144 valence electrons. The van der Waals surface area contributed by atoms with E-state index in [0.29, 0.717) is 27.0 Å². The maximum absolute atomic E-state index is 12.6. The average molecular weight is 399 g/mol. The molecule has 0 aliphatic heterocycles. The molecule has 3 aromatic rings. The van der Waals surface area contributed by atoms with E-state index < -0.39 is 11.9 Å². The van der Waals surface area contributed by atoms with Crippen LogP contribution in [0.5, 0.6) is 11.5 Å². The van der Waals surface area contributed by atoms with Gasteiger partial charge in [0.05, 0.1) is 20.5 Å². The number of aryl methyl sites for hydroxylation is 1. The fourth-order valence-electron chi connectivity index (χ4n) is 2.34. The third kappa shape index (κ3) is 4.29. The Hall–Kier alpha value is -3.39. The first kappa shape index (κ1) is 19.4. The summed E-state index contributed by atoms with van der Waals surface area (Å²) in [7, 11) is 2.76. The molecule has 8 heteroatoms. The van der Waals surface area contributed by atoms with Crippen LogP contribution in [-0.2, 0) is 9.53 Å². The first-order valence-corrected chi connectivity index (χ1v) is 9.01. The van der Waals surface area contributed by atoms with Crippen molar-refractivity contribution in [2.24, 2.45) is 0 Å². The Bertz CT molecular complexity index is 1020. The molecule has 0 unspecified atom stereocenters. The molecular weight excluding hydrogens is 382 g/mol. The summed E-state index contributed by atoms with van der Waals surface area (Å²) in [5, 5.41) is 0.602. The number of nitrogens with zero attached hydrogens (tertiary/aromatic N) is 1. The van der Waals surface area contributed by atoms with Crippen LogP contribution in [0.3, 0.4) is 0 Å². The number of thiazole rings is 1. The van der Waals surface area contributed by atoms with Crippen molar-refractivity contribution < 1.29 is 28.2 Å². The van der Waals surface area contributed by atoms with Gasteiger partial charge in [0.2, 0.25) is 0 Å². The molecule has 0 fully saturated rings. The van der Waals surface area contributed by atoms with Gasteiger partial charge < -0.3 is 18.6 Å². The second-order valence-electron chi connectivity index (χ2n) is 5.56. The number of hydrogen-bond acceptors (Lipinski definition) is 8. The van der Waals surface area contributed by atoms with Crippen molar-refractivity contribution in [2.75, 3.05) is 14.2 Å². The lowest BCUT2D eigenvalue weighted by molar-refractivity contribution is -0.134. The highest BCUT2D eigenvalue weighted by atomic mass is 32.1. The largest absolute Gasteiger partial charge is 0.493 e. The van der Waals surface area contributed by atoms with Crippen LogP contribution in [0.15, 0.2) is 47.1 Å². The van der Waals surface area contributed by atoms with Gasteiger partial charge in [0.1, 0.15) is 0 Å². The number of rotatable bonds is 6. The van der Waals surface area contributed by atoms with E-state index in [1.54, 1.807) is 49.6 Å². The minimum absolute atomic E-state index is 0.216. The molecule has 0 amide bonds. The summed E-state index contributed by atoms with van der Waals surface area (Å²) in [6.45, 7) is 1.79. The Kier molecular flexibility index (Phi) is 5.90. The monoisotopic (exact) mass is 399 g/mol. The predicted molar refractivity (Wildman–Crippen MR) is 104 cm³/mol. The molecule has 0 aliphatic carbocycles. The number of esters is 2. The van der Waals surface area contributed by atoms with E-state index in [-0.39, 0.29) is 11.4 Å². The molecule has 2 aromatic heterocycles. The fourth-order valence-corrected chi connectivity index (χ4v) is 3.21. The molecule has 0 aliphatic rings. The highest BCUT2D eigenvalue weighted by molar-refractivity contribution is 7.15. The van der Waals surface area contributed by atoms with Gasteiger partial charge in [0.25, 0.3) is 0 Å². The van der Waals surface area contributed by atoms with E-state index in [4.69, 9.17) is 13.9 Å². The molecule has 0 radical (unpaired) electrons. The number of methoxy groups -OCH3 is 2. The summed E-state index contributed by atoms with van der Waals surface area (Å²) in [5.41, 5.74) is 0.903. The first-order chi connectivity index (χ1) is 13.5. The smallest absolute Gasteiger partial charge is 0.363 e. The SMILES string of the molecule is COC(=O)/C=C/c1ccc(OC(=O)c2nc(-c3ccco3)sc2C)c(OC)c1. The van der Waals surface area contributed by atoms with Crippen molar-refractivity contribution >= 4 is 29.4 Å². The summed E-state index contributed by atoms with van der Waals surface area (Å²) in [5.74, 6) is 0.115. The number of hydrogen-bond donors (Lipinski definition) is 0. The Morgan fingerprint density at radius 1 is 1.18 bits per heavy atom. The molecule has 0 saturated heterocycles. The zero-order valence-corrected chi connectivity index (χ0v) is 16.2. The summed E-state index contributed by atoms with van der Waals surface area (Å²) < 4.78 is 20.6. The minimum atomic E-state index is -0.595. The standard InChI is InChI=1S/C20H17NO6S/c1-12-18(21-19(28-12)15-5-4-10-26-15)20(23)27-14-8-6-13(11-16(14)24-2)7-9-17(22)25-3/h4-11H,1-3H3/b9-7+. The predicted octanol–water partition coefficient (Wildman–Crippen LogP) is 4.13. The number of carbonyl (C=O) groups is 2. The van der Waals surface area contributed by atoms with Gasteiger partial charge in [-0.1, -0.05) is 6.07 Å². The van der Waals surface area contributed by atoms with E-state index >= 15 is 0 Å². The van der Waals surface area contributed by atoms with Gasteiger partial charge >= 0.3 is 11.9 Å². The molecule has 1 aromatic carbocycles. The zero-order chi connectivity index (χ0) is 20.1. The normalized spacial score (nSPS) is 10.8. The number of ether oxygens (including phenoxy) is 3. The van der Waals surface area contributed by atoms with Crippen LogP contribution in [0.1, 0.15) is 20.9 Å². The summed E-state index contributed by atoms with van der Waals surface area (Å²) in [6.07, 6.45) is 4.40. The fraction of sp³-hybridized carbons (Fsp3) is 0.150. The van der Waals surface area contributed by atoms with Crippen LogP contribution in [0.25, 0.3) is 16.8 Å². The second-order valence-corrected chi connectivity index (χ2v) is 6.76. The summed E-state index contributed by atoms with van der Waals surface area (Å²) in [4.78, 5) is 28.8. The van der Waals surface area contributed by atoms with E-state index in [2.05, 4.69) is 9.72 Å². The Labute approximate surface area is 165 Å². The Balaban J connectivity index is 1.80. The van der Waals surface area contributed by atoms with Gasteiger partial charge in [0.15, 0.2) is 28.0 Å². The van der Waals surface area contributed by atoms with Gasteiger partial charge in [-0.15, -0.1) is 11.3 Å². The van der Waals surface area contributed by atoms with E-state index in [0.717, 1.165) is 0 Å². The van der Waals surface area contributed by atoms with Crippen molar-refractivity contribution in [3.05, 3.63) is 58.8 Å². The lowest BCUT2D eigenvalue weighted by Gasteiger charge is -2.09. The van der Waals surface area contributed by atoms with Crippen molar-refractivity contribution in [2.45, 2.75) is 6.92 Å². The van der Waals surface area contributed by atoms with E-state index in [1.807, 2.05) is 0 Å². The lowest BCUT2D eigenvalue weighted by atomic mass is 10.2. The van der Waals surface area contributed by atoms with Gasteiger partial charge in [-0.2, -0.15) is 0 Å². The quantitative estimate of drug-likeness (QED) is 0.350. The molecule has 3 rings (SSSR count). The summed E-state index contributed by atoms with van der Waals surface area (Å²) >= 11 is 1.34. The van der Waals surface area contributed by atoms with Crippen LogP contribution in [0, 0.1) is 6.92 Å². The Morgan fingerprint density at radius 3 is 2.68 bits per heavy atom.